The van der Waals surface area contributed by atoms with Gasteiger partial charge in [0, 0.05) is 37.1 Å². The lowest BCUT2D eigenvalue weighted by atomic mass is 10.0. The number of fused-ring (bicyclic) bond motifs is 5. The van der Waals surface area contributed by atoms with Gasteiger partial charge in [-0.1, -0.05) is 11.6 Å². The Morgan fingerprint density at radius 3 is 2.48 bits per heavy atom. The lowest BCUT2D eigenvalue weighted by Crippen LogP contribution is -2.38. The Morgan fingerprint density at radius 1 is 1.09 bits per heavy atom. The molecular formula is C34H26ClF6N9O5S. The lowest BCUT2D eigenvalue weighted by Gasteiger charge is -2.24. The van der Waals surface area contributed by atoms with Gasteiger partial charge in [-0.15, -0.1) is 0 Å². The van der Waals surface area contributed by atoms with Crippen molar-refractivity contribution in [2.24, 2.45) is 13.0 Å². The van der Waals surface area contributed by atoms with Crippen molar-refractivity contribution in [3.05, 3.63) is 108 Å². The van der Waals surface area contributed by atoms with Crippen LogP contribution in [-0.4, -0.2) is 54.7 Å². The Morgan fingerprint density at radius 2 is 1.80 bits per heavy atom. The van der Waals surface area contributed by atoms with E-state index in [4.69, 9.17) is 11.6 Å². The number of carbonyl (C=O) groups excluding carboxylic acids is 1. The summed E-state index contributed by atoms with van der Waals surface area (Å²) in [5, 5.41) is 10.3. The van der Waals surface area contributed by atoms with Crippen LogP contribution in [0.15, 0.2) is 52.1 Å². The van der Waals surface area contributed by atoms with Crippen molar-refractivity contribution >= 4 is 55.3 Å². The van der Waals surface area contributed by atoms with Gasteiger partial charge in [-0.25, -0.2) is 31.0 Å². The molecule has 1 amide bonds. The van der Waals surface area contributed by atoms with Gasteiger partial charge in [-0.2, -0.15) is 19.0 Å². The summed E-state index contributed by atoms with van der Waals surface area (Å²) in [5.41, 5.74) is -3.88. The minimum Gasteiger partial charge on any atom is -0.344 e. The molecule has 2 aliphatic carbocycles. The molecule has 292 valence electrons. The van der Waals surface area contributed by atoms with Crippen LogP contribution in [0, 0.1) is 17.6 Å². The van der Waals surface area contributed by atoms with E-state index in [0.717, 1.165) is 29.0 Å². The smallest absolute Gasteiger partial charge is 0.293 e. The number of nitrogens with zero attached hydrogens (tertiary/aromatic N) is 6. The molecule has 8 rings (SSSR count). The fourth-order valence-corrected chi connectivity index (χ4v) is 8.23. The van der Waals surface area contributed by atoms with E-state index in [-0.39, 0.29) is 61.8 Å². The number of nitrogens with one attached hydrogen (secondary N) is 3. The summed E-state index contributed by atoms with van der Waals surface area (Å²) in [6.07, 6.45) is -2.87. The van der Waals surface area contributed by atoms with Gasteiger partial charge < -0.3 is 10.3 Å². The van der Waals surface area contributed by atoms with Crippen molar-refractivity contribution < 1.29 is 39.6 Å². The fourth-order valence-electron chi connectivity index (χ4n) is 7.49. The van der Waals surface area contributed by atoms with Crippen LogP contribution in [0.4, 0.5) is 32.2 Å². The Hall–Kier alpha value is -5.70. The van der Waals surface area contributed by atoms with Gasteiger partial charge >= 0.3 is 0 Å². The van der Waals surface area contributed by atoms with Crippen LogP contribution in [0.1, 0.15) is 53.1 Å². The van der Waals surface area contributed by atoms with Crippen molar-refractivity contribution in [3.8, 4) is 5.69 Å². The third-order valence-electron chi connectivity index (χ3n) is 9.70. The van der Waals surface area contributed by atoms with Gasteiger partial charge in [0.2, 0.25) is 21.5 Å². The molecule has 2 aliphatic rings. The van der Waals surface area contributed by atoms with Crippen molar-refractivity contribution in [1.82, 2.24) is 39.4 Å². The number of halogens is 7. The Bertz CT molecular complexity index is 2870. The first-order chi connectivity index (χ1) is 26.3. The van der Waals surface area contributed by atoms with Gasteiger partial charge in [0.05, 0.1) is 39.3 Å². The molecule has 3 N–H and O–H groups in total. The van der Waals surface area contributed by atoms with Crippen molar-refractivity contribution in [2.45, 2.75) is 43.7 Å². The molecule has 4 heterocycles. The third kappa shape index (κ3) is 6.27. The molecule has 56 heavy (non-hydrogen) atoms. The quantitative estimate of drug-likeness (QED) is 0.167. The highest BCUT2D eigenvalue weighted by molar-refractivity contribution is 7.92. The van der Waals surface area contributed by atoms with Gasteiger partial charge in [-0.3, -0.25) is 33.0 Å². The van der Waals surface area contributed by atoms with E-state index in [1.807, 2.05) is 0 Å². The van der Waals surface area contributed by atoms with Gasteiger partial charge in [0.1, 0.15) is 41.0 Å². The van der Waals surface area contributed by atoms with Crippen LogP contribution in [0.2, 0.25) is 5.02 Å². The maximum atomic E-state index is 15.4. The van der Waals surface area contributed by atoms with E-state index in [9.17, 15) is 40.4 Å². The van der Waals surface area contributed by atoms with Crippen molar-refractivity contribution in [1.29, 1.82) is 0 Å². The molecule has 0 unspecified atom stereocenters. The molecule has 1 saturated carbocycles. The first-order valence-electron chi connectivity index (χ1n) is 16.6. The SMILES string of the molecule is Cn1nc(NS(C)(=O)=O)c2c(Cl)ccc(-n3c([C@H](Cc4cc(F)cc(F)c4)NC(=O)Cn4nc(C(F)F)c5c4C(F)(F)[C@@H]4C[C@H]54)nc4[nH]c(=O)ccc4c3=O)c21. The molecule has 22 heteroatoms. The summed E-state index contributed by atoms with van der Waals surface area (Å²) in [5.74, 6) is -9.32. The van der Waals surface area contributed by atoms with Crippen LogP contribution >= 0.6 is 11.6 Å². The molecular weight excluding hydrogens is 796 g/mol. The van der Waals surface area contributed by atoms with Gasteiger partial charge in [-0.05, 0) is 48.2 Å². The van der Waals surface area contributed by atoms with E-state index >= 15 is 8.78 Å². The van der Waals surface area contributed by atoms with Crippen LogP contribution in [-0.2, 0) is 40.8 Å². The normalized spacial score (nSPS) is 17.7. The number of rotatable bonds is 10. The Labute approximate surface area is 315 Å². The number of alkyl halides is 4. The van der Waals surface area contributed by atoms with Crippen LogP contribution in [0.25, 0.3) is 27.6 Å². The number of aryl methyl sites for hydroxylation is 1. The second-order valence-electron chi connectivity index (χ2n) is 13.6. The van der Waals surface area contributed by atoms with Crippen LogP contribution in [0.3, 0.4) is 0 Å². The molecule has 6 aromatic rings. The predicted molar refractivity (Wildman–Crippen MR) is 189 cm³/mol. The van der Waals surface area contributed by atoms with Crippen molar-refractivity contribution in [3.63, 3.8) is 0 Å². The number of hydrogen-bond acceptors (Lipinski definition) is 8. The number of benzene rings is 2. The maximum Gasteiger partial charge on any atom is 0.293 e. The number of anilines is 1. The van der Waals surface area contributed by atoms with E-state index in [1.165, 1.54) is 29.9 Å². The minimum atomic E-state index is -3.91. The molecule has 0 spiro atoms. The average Bonchev–Trinajstić information content (AvgIpc) is 3.63. The highest BCUT2D eigenvalue weighted by atomic mass is 35.5. The van der Waals surface area contributed by atoms with E-state index in [1.54, 1.807) is 0 Å². The number of H-pyrrole nitrogens is 1. The predicted octanol–water partition coefficient (Wildman–Crippen LogP) is 4.71. The Balaban J connectivity index is 1.32. The molecule has 14 nitrogen and oxygen atoms in total. The fraction of sp³-hybridized carbons (Fsp3) is 0.294. The molecule has 0 bridgehead atoms. The highest BCUT2D eigenvalue weighted by Gasteiger charge is 2.67. The zero-order valence-electron chi connectivity index (χ0n) is 28.8. The first kappa shape index (κ1) is 37.2. The molecule has 0 radical (unpaired) electrons. The number of sulfonamides is 1. The number of carbonyl (C=O) groups is 1. The molecule has 2 aromatic carbocycles. The summed E-state index contributed by atoms with van der Waals surface area (Å²) in [6.45, 7) is -1.01. The van der Waals surface area contributed by atoms with E-state index in [2.05, 4.69) is 30.2 Å². The molecule has 4 aromatic heterocycles. The molecule has 0 saturated heterocycles. The molecule has 3 atom stereocenters. The maximum absolute atomic E-state index is 15.4. The largest absolute Gasteiger partial charge is 0.344 e. The van der Waals surface area contributed by atoms with Crippen molar-refractivity contribution in [2.75, 3.05) is 11.0 Å². The topological polar surface area (TPSA) is 179 Å². The molecule has 1 fully saturated rings. The standard InChI is InChI=1S/C34H26ClF6N9O5S/c1-48-27-21(5-4-19(35)25(27)31(46-48)47-56(2,54)55)50-32(44-30-16(33(50)53)3-6-22(51)43-30)20(9-13-7-14(36)10-15(37)8-13)42-23(52)12-49-28-24(26(45-49)29(38)39)17-11-18(17)34(28,40)41/h3-8,10,17-18,20,29H,9,11-12H2,1-2H3,(H,42,52)(H,43,51)(H,46,47)/t17-,18+,20-/m0/s1. The summed E-state index contributed by atoms with van der Waals surface area (Å²) in [6, 6.07) is 5.77. The van der Waals surface area contributed by atoms with Gasteiger partial charge in [0.25, 0.3) is 17.9 Å². The lowest BCUT2D eigenvalue weighted by molar-refractivity contribution is -0.123. The number of aromatic amines is 1. The summed E-state index contributed by atoms with van der Waals surface area (Å²) in [7, 11) is -2.50. The number of amides is 1. The highest BCUT2D eigenvalue weighted by Crippen LogP contribution is 2.68. The summed E-state index contributed by atoms with van der Waals surface area (Å²) >= 11 is 6.53. The first-order valence-corrected chi connectivity index (χ1v) is 18.9. The van der Waals surface area contributed by atoms with Gasteiger partial charge in [0.15, 0.2) is 5.82 Å². The summed E-state index contributed by atoms with van der Waals surface area (Å²) < 4.78 is 117. The Kier molecular flexibility index (Phi) is 8.60. The second kappa shape index (κ2) is 12.9. The average molecular weight is 822 g/mol. The minimum absolute atomic E-state index is 0.000117. The zero-order chi connectivity index (χ0) is 40.2. The monoisotopic (exact) mass is 821 g/mol. The van der Waals surface area contributed by atoms with E-state index < -0.39 is 93.3 Å². The second-order valence-corrected chi connectivity index (χ2v) is 15.8. The third-order valence-corrected chi connectivity index (χ3v) is 10.6. The van der Waals surface area contributed by atoms with Crippen LogP contribution < -0.4 is 21.2 Å². The van der Waals surface area contributed by atoms with Crippen LogP contribution in [0.5, 0.6) is 0 Å². The number of pyridine rings is 1. The number of aromatic nitrogens is 7. The van der Waals surface area contributed by atoms with E-state index in [0.29, 0.717) is 10.7 Å². The zero-order valence-corrected chi connectivity index (χ0v) is 30.3. The number of hydrogen-bond donors (Lipinski definition) is 3. The molecule has 0 aliphatic heterocycles. The summed E-state index contributed by atoms with van der Waals surface area (Å²) in [4.78, 5) is 47.7.